The highest BCUT2D eigenvalue weighted by atomic mass is 79.9. The lowest BCUT2D eigenvalue weighted by atomic mass is 10.1. The van der Waals surface area contributed by atoms with E-state index >= 15 is 0 Å². The molecule has 2 rings (SSSR count). The van der Waals surface area contributed by atoms with Crippen LogP contribution in [0.25, 0.3) is 0 Å². The van der Waals surface area contributed by atoms with Gasteiger partial charge in [-0.1, -0.05) is 39.7 Å². The highest BCUT2D eigenvalue weighted by Crippen LogP contribution is 2.27. The molecule has 0 aromatic heterocycles. The average Bonchev–Trinajstić information content (AvgIpc) is 2.48. The quantitative estimate of drug-likeness (QED) is 0.696. The van der Waals surface area contributed by atoms with Gasteiger partial charge >= 0.3 is 0 Å². The molecular weight excluding hydrogens is 384 g/mol. The van der Waals surface area contributed by atoms with Gasteiger partial charge in [-0.3, -0.25) is 0 Å². The van der Waals surface area contributed by atoms with Crippen LogP contribution in [0.5, 0.6) is 5.75 Å². The van der Waals surface area contributed by atoms with E-state index in [4.69, 9.17) is 28.6 Å². The molecule has 2 N–H and O–H groups in total. The van der Waals surface area contributed by atoms with Crippen molar-refractivity contribution >= 4 is 50.5 Å². The highest BCUT2D eigenvalue weighted by molar-refractivity contribution is 9.10. The third-order valence-electron chi connectivity index (χ3n) is 3.13. The van der Waals surface area contributed by atoms with E-state index in [0.29, 0.717) is 15.9 Å². The summed E-state index contributed by atoms with van der Waals surface area (Å²) in [6, 6.07) is 13.5. The molecule has 0 saturated heterocycles. The van der Waals surface area contributed by atoms with Crippen LogP contribution in [0.15, 0.2) is 46.9 Å². The second kappa shape index (κ2) is 7.81. The highest BCUT2D eigenvalue weighted by Gasteiger charge is 2.09. The molecule has 0 spiro atoms. The molecule has 2 aromatic carbocycles. The Hall–Kier alpha value is -1.30. The number of halogens is 2. The second-order valence-electron chi connectivity index (χ2n) is 4.72. The lowest BCUT2D eigenvalue weighted by Crippen LogP contribution is -2.31. The summed E-state index contributed by atoms with van der Waals surface area (Å²) in [5.41, 5.74) is 1.88. The van der Waals surface area contributed by atoms with Crippen LogP contribution in [0.2, 0.25) is 5.02 Å². The normalized spacial score (nSPS) is 11.6. The smallest absolute Gasteiger partial charge is 0.171 e. The van der Waals surface area contributed by atoms with Crippen LogP contribution in [0.4, 0.5) is 5.69 Å². The van der Waals surface area contributed by atoms with Crippen LogP contribution < -0.4 is 15.4 Å². The van der Waals surface area contributed by atoms with E-state index in [1.54, 1.807) is 25.3 Å². The Kier molecular flexibility index (Phi) is 6.06. The largest absolute Gasteiger partial charge is 0.495 e. The van der Waals surface area contributed by atoms with E-state index < -0.39 is 0 Å². The van der Waals surface area contributed by atoms with Gasteiger partial charge in [0.1, 0.15) is 5.75 Å². The van der Waals surface area contributed by atoms with Gasteiger partial charge in [0.2, 0.25) is 0 Å². The fraction of sp³-hybridized carbons (Fsp3) is 0.188. The summed E-state index contributed by atoms with van der Waals surface area (Å²) in [5, 5.41) is 7.49. The van der Waals surface area contributed by atoms with Gasteiger partial charge in [-0.2, -0.15) is 0 Å². The van der Waals surface area contributed by atoms with Crippen molar-refractivity contribution in [3.63, 3.8) is 0 Å². The Morgan fingerprint density at radius 3 is 2.55 bits per heavy atom. The van der Waals surface area contributed by atoms with Crippen LogP contribution in [0, 0.1) is 0 Å². The number of hydrogen-bond donors (Lipinski definition) is 2. The minimum atomic E-state index is 0.0817. The van der Waals surface area contributed by atoms with Gasteiger partial charge in [0.25, 0.3) is 0 Å². The molecule has 6 heteroatoms. The Morgan fingerprint density at radius 1 is 1.23 bits per heavy atom. The fourth-order valence-corrected chi connectivity index (χ4v) is 2.69. The van der Waals surface area contributed by atoms with Crippen LogP contribution in [-0.4, -0.2) is 12.2 Å². The minimum absolute atomic E-state index is 0.0817. The number of thiocarbonyl (C=S) groups is 1. The number of benzene rings is 2. The summed E-state index contributed by atoms with van der Waals surface area (Å²) in [6.07, 6.45) is 0. The van der Waals surface area contributed by atoms with Crippen LogP contribution in [0.3, 0.4) is 0 Å². The van der Waals surface area contributed by atoms with Gasteiger partial charge in [-0.15, -0.1) is 0 Å². The minimum Gasteiger partial charge on any atom is -0.495 e. The number of ether oxygens (including phenoxy) is 1. The van der Waals surface area contributed by atoms with E-state index in [1.807, 2.05) is 31.2 Å². The van der Waals surface area contributed by atoms with Crippen molar-refractivity contribution in [3.05, 3.63) is 57.5 Å². The lowest BCUT2D eigenvalue weighted by molar-refractivity contribution is 0.417. The summed E-state index contributed by atoms with van der Waals surface area (Å²) in [6.45, 7) is 2.05. The van der Waals surface area contributed by atoms with E-state index in [2.05, 4.69) is 26.6 Å². The number of anilines is 1. The average molecular weight is 400 g/mol. The van der Waals surface area contributed by atoms with Gasteiger partial charge in [0.15, 0.2) is 5.11 Å². The zero-order valence-corrected chi connectivity index (χ0v) is 15.3. The van der Waals surface area contributed by atoms with Crippen molar-refractivity contribution in [2.24, 2.45) is 0 Å². The van der Waals surface area contributed by atoms with Crippen molar-refractivity contribution in [2.45, 2.75) is 13.0 Å². The Labute approximate surface area is 149 Å². The molecular formula is C16H16BrClN2OS. The Morgan fingerprint density at radius 2 is 1.91 bits per heavy atom. The molecule has 0 aliphatic carbocycles. The first-order valence-electron chi connectivity index (χ1n) is 6.66. The fourth-order valence-electron chi connectivity index (χ4n) is 1.97. The maximum Gasteiger partial charge on any atom is 0.171 e. The van der Waals surface area contributed by atoms with E-state index in [1.165, 1.54) is 0 Å². The van der Waals surface area contributed by atoms with Crippen molar-refractivity contribution < 1.29 is 4.74 Å². The SMILES string of the molecule is COc1ccc(Cl)cc1NC(=S)NC(C)c1ccc(Br)cc1. The van der Waals surface area contributed by atoms with Gasteiger partial charge in [-0.25, -0.2) is 0 Å². The predicted octanol–water partition coefficient (Wildman–Crippen LogP) is 5.16. The Balaban J connectivity index is 2.03. The lowest BCUT2D eigenvalue weighted by Gasteiger charge is -2.18. The molecule has 0 saturated carbocycles. The number of nitrogens with one attached hydrogen (secondary N) is 2. The summed E-state index contributed by atoms with van der Waals surface area (Å²) < 4.78 is 6.34. The Bertz CT molecular complexity index is 664. The maximum absolute atomic E-state index is 6.01. The van der Waals surface area contributed by atoms with Gasteiger partial charge in [-0.05, 0) is 55.0 Å². The summed E-state index contributed by atoms with van der Waals surface area (Å²) in [5.74, 6) is 0.685. The molecule has 1 atom stereocenters. The first kappa shape index (κ1) is 17.1. The number of methoxy groups -OCH3 is 1. The van der Waals surface area contributed by atoms with Gasteiger partial charge in [0, 0.05) is 9.50 Å². The molecule has 0 aliphatic heterocycles. The molecule has 2 aromatic rings. The first-order valence-corrected chi connectivity index (χ1v) is 8.24. The van der Waals surface area contributed by atoms with Crippen LogP contribution in [-0.2, 0) is 0 Å². The summed E-state index contributed by atoms with van der Waals surface area (Å²) in [4.78, 5) is 0. The van der Waals surface area contributed by atoms with Gasteiger partial charge < -0.3 is 15.4 Å². The standard InChI is InChI=1S/C16H16BrClN2OS/c1-10(11-3-5-12(17)6-4-11)19-16(22)20-14-9-13(18)7-8-15(14)21-2/h3-10H,1-2H3,(H2,19,20,22). The van der Waals surface area contributed by atoms with E-state index in [0.717, 1.165) is 15.7 Å². The molecule has 0 amide bonds. The number of rotatable bonds is 4. The molecule has 116 valence electrons. The van der Waals surface area contributed by atoms with E-state index in [-0.39, 0.29) is 6.04 Å². The molecule has 0 radical (unpaired) electrons. The zero-order chi connectivity index (χ0) is 16.1. The third kappa shape index (κ3) is 4.60. The molecule has 3 nitrogen and oxygen atoms in total. The van der Waals surface area contributed by atoms with E-state index in [9.17, 15) is 0 Å². The monoisotopic (exact) mass is 398 g/mol. The second-order valence-corrected chi connectivity index (χ2v) is 6.48. The van der Waals surface area contributed by atoms with Crippen molar-refractivity contribution in [1.82, 2.24) is 5.32 Å². The maximum atomic E-state index is 6.01. The summed E-state index contributed by atoms with van der Waals surface area (Å²) in [7, 11) is 1.61. The molecule has 22 heavy (non-hydrogen) atoms. The predicted molar refractivity (Wildman–Crippen MR) is 99.9 cm³/mol. The first-order chi connectivity index (χ1) is 10.5. The zero-order valence-electron chi connectivity index (χ0n) is 12.2. The molecule has 0 heterocycles. The third-order valence-corrected chi connectivity index (χ3v) is 4.11. The van der Waals surface area contributed by atoms with Crippen molar-refractivity contribution in [3.8, 4) is 5.75 Å². The molecule has 0 bridgehead atoms. The molecule has 0 aliphatic rings. The van der Waals surface area contributed by atoms with Crippen LogP contribution >= 0.6 is 39.7 Å². The van der Waals surface area contributed by atoms with Crippen molar-refractivity contribution in [2.75, 3.05) is 12.4 Å². The summed E-state index contributed by atoms with van der Waals surface area (Å²) >= 11 is 14.8. The topological polar surface area (TPSA) is 33.3 Å². The number of hydrogen-bond acceptors (Lipinski definition) is 2. The van der Waals surface area contributed by atoms with Gasteiger partial charge in [0.05, 0.1) is 18.8 Å². The van der Waals surface area contributed by atoms with Crippen LogP contribution in [0.1, 0.15) is 18.5 Å². The molecule has 1 unspecified atom stereocenters. The molecule has 0 fully saturated rings. The van der Waals surface area contributed by atoms with Crippen molar-refractivity contribution in [1.29, 1.82) is 0 Å².